The predicted molar refractivity (Wildman–Crippen MR) is 98.6 cm³/mol. The van der Waals surface area contributed by atoms with Crippen molar-refractivity contribution >= 4 is 40.2 Å². The van der Waals surface area contributed by atoms with Crippen LogP contribution in [0.2, 0.25) is 0 Å². The molecule has 0 N–H and O–H groups in total. The topological polar surface area (TPSA) is 20.3 Å². The van der Waals surface area contributed by atoms with Gasteiger partial charge >= 0.3 is 0 Å². The van der Waals surface area contributed by atoms with Gasteiger partial charge in [-0.15, -0.1) is 11.3 Å². The van der Waals surface area contributed by atoms with Crippen LogP contribution < -0.4 is 4.90 Å². The van der Waals surface area contributed by atoms with E-state index in [9.17, 15) is 4.79 Å². The molecule has 0 bridgehead atoms. The predicted octanol–water partition coefficient (Wildman–Crippen LogP) is 5.14. The number of benzene rings is 1. The highest BCUT2D eigenvalue weighted by Gasteiger charge is 2.44. The van der Waals surface area contributed by atoms with Gasteiger partial charge in [0.05, 0.1) is 16.8 Å². The molecule has 0 fully saturated rings. The highest BCUT2D eigenvalue weighted by atomic mass is 32.1. The zero-order valence-corrected chi connectivity index (χ0v) is 14.6. The summed E-state index contributed by atoms with van der Waals surface area (Å²) in [6.07, 6.45) is 4.23. The molecule has 1 aromatic heterocycles. The smallest absolute Gasteiger partial charge is 0.259 e. The van der Waals surface area contributed by atoms with Crippen LogP contribution >= 0.6 is 11.3 Å². The van der Waals surface area contributed by atoms with Crippen molar-refractivity contribution in [1.82, 2.24) is 0 Å². The van der Waals surface area contributed by atoms with E-state index in [0.717, 1.165) is 21.7 Å². The van der Waals surface area contributed by atoms with Crippen LogP contribution in [0.3, 0.4) is 0 Å². The van der Waals surface area contributed by atoms with E-state index < -0.39 is 0 Å². The molecule has 0 spiro atoms. The maximum Gasteiger partial charge on any atom is 0.259 e. The van der Waals surface area contributed by atoms with E-state index in [1.165, 1.54) is 16.7 Å². The van der Waals surface area contributed by atoms with E-state index in [2.05, 4.69) is 52.0 Å². The van der Waals surface area contributed by atoms with E-state index >= 15 is 0 Å². The van der Waals surface area contributed by atoms with Gasteiger partial charge in [0.15, 0.2) is 0 Å². The Morgan fingerprint density at radius 1 is 1.17 bits per heavy atom. The molecule has 4 rings (SSSR count). The number of carbonyl (C=O) groups excluding carboxylic acids is 1. The fourth-order valence-electron chi connectivity index (χ4n) is 3.74. The van der Waals surface area contributed by atoms with E-state index in [-0.39, 0.29) is 11.4 Å². The maximum absolute atomic E-state index is 13.2. The lowest BCUT2D eigenvalue weighted by Gasteiger charge is -2.38. The van der Waals surface area contributed by atoms with Gasteiger partial charge in [-0.1, -0.05) is 12.1 Å². The van der Waals surface area contributed by atoms with Gasteiger partial charge in [-0.2, -0.15) is 0 Å². The average Bonchev–Trinajstić information content (AvgIpc) is 3.05. The van der Waals surface area contributed by atoms with Gasteiger partial charge in [-0.05, 0) is 68.5 Å². The van der Waals surface area contributed by atoms with E-state index in [0.29, 0.717) is 0 Å². The second-order valence-corrected chi connectivity index (χ2v) is 7.88. The molecule has 2 aliphatic rings. The molecule has 1 aromatic carbocycles. The molecule has 0 aliphatic carbocycles. The monoisotopic (exact) mass is 321 g/mol. The Labute approximate surface area is 140 Å². The molecule has 2 nitrogen and oxygen atoms in total. The van der Waals surface area contributed by atoms with E-state index in [1.54, 1.807) is 11.3 Å². The first-order chi connectivity index (χ1) is 10.9. The Morgan fingerprint density at radius 3 is 2.61 bits per heavy atom. The number of thiophene rings is 1. The zero-order valence-electron chi connectivity index (χ0n) is 13.8. The summed E-state index contributed by atoms with van der Waals surface area (Å²) < 4.78 is 0. The third kappa shape index (κ3) is 2.03. The molecule has 2 aromatic rings. The van der Waals surface area contributed by atoms with Gasteiger partial charge in [0.1, 0.15) is 0 Å². The van der Waals surface area contributed by atoms with Crippen molar-refractivity contribution in [2.45, 2.75) is 33.2 Å². The van der Waals surface area contributed by atoms with Crippen molar-refractivity contribution in [3.05, 3.63) is 57.3 Å². The summed E-state index contributed by atoms with van der Waals surface area (Å²) in [7, 11) is 0. The third-order valence-corrected chi connectivity index (χ3v) is 5.42. The minimum atomic E-state index is -0.302. The molecule has 0 atom stereocenters. The molecule has 0 saturated carbocycles. The van der Waals surface area contributed by atoms with Crippen LogP contribution in [-0.2, 0) is 4.79 Å². The Balaban J connectivity index is 2.03. The zero-order chi connectivity index (χ0) is 16.4. The van der Waals surface area contributed by atoms with Crippen molar-refractivity contribution in [2.75, 3.05) is 4.90 Å². The molecule has 116 valence electrons. The minimum absolute atomic E-state index is 0.106. The van der Waals surface area contributed by atoms with Gasteiger partial charge in [0.2, 0.25) is 0 Å². The molecule has 23 heavy (non-hydrogen) atoms. The van der Waals surface area contributed by atoms with Gasteiger partial charge in [-0.25, -0.2) is 0 Å². The molecule has 0 saturated heterocycles. The van der Waals surface area contributed by atoms with Gasteiger partial charge in [0, 0.05) is 16.0 Å². The van der Waals surface area contributed by atoms with E-state index in [1.807, 2.05) is 22.4 Å². The molecule has 0 radical (unpaired) electrons. The third-order valence-electron chi connectivity index (χ3n) is 4.60. The number of hydrogen-bond acceptors (Lipinski definition) is 2. The number of carbonyl (C=O) groups is 1. The summed E-state index contributed by atoms with van der Waals surface area (Å²) in [5.74, 6) is 0.106. The van der Waals surface area contributed by atoms with Crippen LogP contribution in [-0.4, -0.2) is 11.4 Å². The van der Waals surface area contributed by atoms with Crippen molar-refractivity contribution in [3.8, 4) is 0 Å². The summed E-state index contributed by atoms with van der Waals surface area (Å²) in [5, 5.41) is 2.04. The number of anilines is 1. The Hall–Kier alpha value is -2.13. The molecular weight excluding hydrogens is 302 g/mol. The lowest BCUT2D eigenvalue weighted by atomic mass is 9.88. The SMILES string of the molecule is CC1=CC(C)(C)N2C(=O)C(=Cc3cccs3)c3cc(C)cc1c32. The highest BCUT2D eigenvalue weighted by Crippen LogP contribution is 2.49. The Bertz CT molecular complexity index is 885. The van der Waals surface area contributed by atoms with Crippen molar-refractivity contribution in [1.29, 1.82) is 0 Å². The summed E-state index contributed by atoms with van der Waals surface area (Å²) in [5.41, 5.74) is 6.27. The summed E-state index contributed by atoms with van der Waals surface area (Å²) in [6, 6.07) is 8.40. The number of nitrogens with zero attached hydrogens (tertiary/aromatic N) is 1. The Kier molecular flexibility index (Phi) is 2.94. The van der Waals surface area contributed by atoms with Crippen molar-refractivity contribution in [3.63, 3.8) is 0 Å². The van der Waals surface area contributed by atoms with Gasteiger partial charge in [-0.3, -0.25) is 9.69 Å². The van der Waals surface area contributed by atoms with Crippen LogP contribution in [0.4, 0.5) is 5.69 Å². The molecular formula is C20H19NOS. The van der Waals surface area contributed by atoms with Crippen molar-refractivity contribution < 1.29 is 4.79 Å². The molecule has 3 heteroatoms. The summed E-state index contributed by atoms with van der Waals surface area (Å²) in [6.45, 7) is 8.45. The van der Waals surface area contributed by atoms with E-state index in [4.69, 9.17) is 0 Å². The average molecular weight is 321 g/mol. The molecule has 0 unspecified atom stereocenters. The van der Waals surface area contributed by atoms with Crippen LogP contribution in [0.25, 0.3) is 17.2 Å². The van der Waals surface area contributed by atoms with Crippen LogP contribution in [0.5, 0.6) is 0 Å². The molecule has 3 heterocycles. The number of aryl methyl sites for hydroxylation is 1. The highest BCUT2D eigenvalue weighted by molar-refractivity contribution is 7.11. The first-order valence-corrected chi connectivity index (χ1v) is 8.71. The summed E-state index contributed by atoms with van der Waals surface area (Å²) >= 11 is 1.66. The largest absolute Gasteiger partial charge is 0.298 e. The maximum atomic E-state index is 13.2. The van der Waals surface area contributed by atoms with Crippen molar-refractivity contribution in [2.24, 2.45) is 0 Å². The fraction of sp³-hybridized carbons (Fsp3) is 0.250. The second-order valence-electron chi connectivity index (χ2n) is 6.90. The number of rotatable bonds is 1. The van der Waals surface area contributed by atoms with Crippen LogP contribution in [0.15, 0.2) is 35.7 Å². The molecule has 1 amide bonds. The lowest BCUT2D eigenvalue weighted by Crippen LogP contribution is -2.46. The van der Waals surface area contributed by atoms with Gasteiger partial charge in [0.25, 0.3) is 5.91 Å². The first-order valence-electron chi connectivity index (χ1n) is 7.83. The fourth-order valence-corrected chi connectivity index (χ4v) is 4.40. The standard InChI is InChI=1S/C20H19NOS/c1-12-8-15-13(2)11-20(3,4)21-18(15)16(9-12)17(19(21)22)10-14-6-5-7-23-14/h5-11H,1-4H3. The number of amides is 1. The van der Waals surface area contributed by atoms with Crippen LogP contribution in [0.1, 0.15) is 42.3 Å². The quantitative estimate of drug-likeness (QED) is 0.666. The number of hydrogen-bond donors (Lipinski definition) is 0. The first kappa shape index (κ1) is 14.5. The van der Waals surface area contributed by atoms with Gasteiger partial charge < -0.3 is 0 Å². The normalized spacial score (nSPS) is 20.0. The summed E-state index contributed by atoms with van der Waals surface area (Å²) in [4.78, 5) is 16.3. The minimum Gasteiger partial charge on any atom is -0.298 e. The Morgan fingerprint density at radius 2 is 1.91 bits per heavy atom. The second kappa shape index (κ2) is 4.68. The van der Waals surface area contributed by atoms with Crippen LogP contribution in [0, 0.1) is 6.92 Å². The number of allylic oxidation sites excluding steroid dienone is 1. The molecule has 2 aliphatic heterocycles. The lowest BCUT2D eigenvalue weighted by molar-refractivity contribution is -0.113.